The Morgan fingerprint density at radius 1 is 1.33 bits per heavy atom. The van der Waals surface area contributed by atoms with Crippen molar-refractivity contribution in [2.24, 2.45) is 11.8 Å². The Labute approximate surface area is 143 Å². The molecule has 4 nitrogen and oxygen atoms in total. The van der Waals surface area contributed by atoms with E-state index in [9.17, 15) is 9.18 Å². The van der Waals surface area contributed by atoms with E-state index < -0.39 is 0 Å². The minimum Gasteiger partial charge on any atom is -0.381 e. The van der Waals surface area contributed by atoms with E-state index in [1.54, 1.807) is 13.0 Å². The van der Waals surface area contributed by atoms with E-state index in [2.05, 4.69) is 10.2 Å². The summed E-state index contributed by atoms with van der Waals surface area (Å²) in [5.41, 5.74) is 1.44. The number of amides is 1. The summed E-state index contributed by atoms with van der Waals surface area (Å²) >= 11 is 0. The molecule has 0 aliphatic carbocycles. The summed E-state index contributed by atoms with van der Waals surface area (Å²) in [7, 11) is 0. The van der Waals surface area contributed by atoms with Crippen LogP contribution in [0.2, 0.25) is 0 Å². The van der Waals surface area contributed by atoms with Crippen LogP contribution in [-0.4, -0.2) is 43.7 Å². The first kappa shape index (κ1) is 17.4. The van der Waals surface area contributed by atoms with E-state index >= 15 is 0 Å². The Bertz CT molecular complexity index is 564. The molecule has 24 heavy (non-hydrogen) atoms. The molecule has 2 aliphatic heterocycles. The van der Waals surface area contributed by atoms with Crippen molar-refractivity contribution in [2.75, 3.05) is 32.8 Å². The molecule has 0 spiro atoms. The summed E-state index contributed by atoms with van der Waals surface area (Å²) in [6.07, 6.45) is 2.97. The van der Waals surface area contributed by atoms with Crippen LogP contribution < -0.4 is 5.32 Å². The lowest BCUT2D eigenvalue weighted by Crippen LogP contribution is -2.42. The molecule has 0 bridgehead atoms. The number of hydrogen-bond donors (Lipinski definition) is 1. The highest BCUT2D eigenvalue weighted by Gasteiger charge is 2.27. The van der Waals surface area contributed by atoms with Gasteiger partial charge in [-0.3, -0.25) is 4.79 Å². The molecule has 0 radical (unpaired) electrons. The second-order valence-electron chi connectivity index (χ2n) is 7.11. The molecule has 1 aromatic rings. The van der Waals surface area contributed by atoms with Crippen molar-refractivity contribution in [3.05, 3.63) is 35.1 Å². The van der Waals surface area contributed by atoms with Gasteiger partial charge >= 0.3 is 0 Å². The molecular formula is C19H27FN2O2. The minimum atomic E-state index is -0.217. The molecule has 5 heteroatoms. The number of rotatable bonds is 5. The van der Waals surface area contributed by atoms with Gasteiger partial charge in [-0.1, -0.05) is 12.1 Å². The predicted octanol–water partition coefficient (Wildman–Crippen LogP) is 2.50. The second-order valence-corrected chi connectivity index (χ2v) is 7.11. The average molecular weight is 334 g/mol. The number of likely N-dealkylation sites (tertiary alicyclic amines) is 1. The van der Waals surface area contributed by atoms with Crippen LogP contribution in [0.3, 0.4) is 0 Å². The zero-order valence-electron chi connectivity index (χ0n) is 14.4. The second kappa shape index (κ2) is 8.08. The largest absolute Gasteiger partial charge is 0.381 e. The number of carbonyl (C=O) groups is 1. The van der Waals surface area contributed by atoms with Gasteiger partial charge in [0.05, 0.1) is 6.61 Å². The first-order valence-electron chi connectivity index (χ1n) is 8.94. The Kier molecular flexibility index (Phi) is 5.85. The fourth-order valence-corrected chi connectivity index (χ4v) is 3.55. The van der Waals surface area contributed by atoms with Crippen molar-refractivity contribution in [1.29, 1.82) is 0 Å². The number of aryl methyl sites for hydroxylation is 1. The molecular weight excluding hydrogens is 307 g/mol. The van der Waals surface area contributed by atoms with Crippen LogP contribution in [0.4, 0.5) is 4.39 Å². The maximum Gasteiger partial charge on any atom is 0.223 e. The summed E-state index contributed by atoms with van der Waals surface area (Å²) in [6.45, 7) is 6.97. The van der Waals surface area contributed by atoms with Crippen LogP contribution in [0.5, 0.6) is 0 Å². The SMILES string of the molecule is Cc1ccc(CNC(=O)C2CCN(C[C@@H]3CCOC3)CC2)cc1F. The van der Waals surface area contributed by atoms with E-state index in [0.717, 1.165) is 57.7 Å². The normalized spacial score (nSPS) is 22.7. The molecule has 2 aliphatic rings. The van der Waals surface area contributed by atoms with Gasteiger partial charge in [0.15, 0.2) is 0 Å². The van der Waals surface area contributed by atoms with Crippen LogP contribution in [0, 0.1) is 24.6 Å². The third-order valence-corrected chi connectivity index (χ3v) is 5.20. The monoisotopic (exact) mass is 334 g/mol. The quantitative estimate of drug-likeness (QED) is 0.899. The number of hydrogen-bond acceptors (Lipinski definition) is 3. The Morgan fingerprint density at radius 2 is 2.12 bits per heavy atom. The molecule has 0 aromatic heterocycles. The van der Waals surface area contributed by atoms with Crippen LogP contribution in [-0.2, 0) is 16.1 Å². The predicted molar refractivity (Wildman–Crippen MR) is 91.1 cm³/mol. The number of nitrogens with one attached hydrogen (secondary N) is 1. The number of benzene rings is 1. The number of piperidine rings is 1. The number of nitrogens with zero attached hydrogens (tertiary/aromatic N) is 1. The Morgan fingerprint density at radius 3 is 2.79 bits per heavy atom. The number of carbonyl (C=O) groups excluding carboxylic acids is 1. The molecule has 1 atom stereocenters. The summed E-state index contributed by atoms with van der Waals surface area (Å²) in [4.78, 5) is 14.8. The van der Waals surface area contributed by atoms with Gasteiger partial charge in [-0.15, -0.1) is 0 Å². The summed E-state index contributed by atoms with van der Waals surface area (Å²) < 4.78 is 19.0. The smallest absolute Gasteiger partial charge is 0.223 e. The molecule has 0 saturated carbocycles. The average Bonchev–Trinajstić information content (AvgIpc) is 3.09. The molecule has 0 unspecified atom stereocenters. The molecule has 2 heterocycles. The molecule has 132 valence electrons. The molecule has 2 saturated heterocycles. The Hall–Kier alpha value is -1.46. The van der Waals surface area contributed by atoms with Crippen molar-refractivity contribution in [3.63, 3.8) is 0 Å². The van der Waals surface area contributed by atoms with Gasteiger partial charge in [0.2, 0.25) is 5.91 Å². The van der Waals surface area contributed by atoms with Gasteiger partial charge in [-0.05, 0) is 62.4 Å². The van der Waals surface area contributed by atoms with Crippen LogP contribution in [0.15, 0.2) is 18.2 Å². The number of halogens is 1. The van der Waals surface area contributed by atoms with E-state index in [4.69, 9.17) is 4.74 Å². The van der Waals surface area contributed by atoms with Crippen LogP contribution in [0.25, 0.3) is 0 Å². The van der Waals surface area contributed by atoms with Gasteiger partial charge in [-0.2, -0.15) is 0 Å². The Balaban J connectivity index is 1.40. The lowest BCUT2D eigenvalue weighted by atomic mass is 9.95. The van der Waals surface area contributed by atoms with E-state index in [-0.39, 0.29) is 17.6 Å². The van der Waals surface area contributed by atoms with Crippen molar-refractivity contribution in [3.8, 4) is 0 Å². The highest BCUT2D eigenvalue weighted by atomic mass is 19.1. The highest BCUT2D eigenvalue weighted by Crippen LogP contribution is 2.21. The van der Waals surface area contributed by atoms with Gasteiger partial charge in [0.25, 0.3) is 0 Å². The number of ether oxygens (including phenoxy) is 1. The van der Waals surface area contributed by atoms with Crippen molar-refractivity contribution in [1.82, 2.24) is 10.2 Å². The van der Waals surface area contributed by atoms with Gasteiger partial charge < -0.3 is 15.0 Å². The van der Waals surface area contributed by atoms with Crippen molar-refractivity contribution >= 4 is 5.91 Å². The maximum absolute atomic E-state index is 13.5. The third-order valence-electron chi connectivity index (χ3n) is 5.20. The highest BCUT2D eigenvalue weighted by molar-refractivity contribution is 5.78. The van der Waals surface area contributed by atoms with Crippen LogP contribution >= 0.6 is 0 Å². The molecule has 3 rings (SSSR count). The first-order chi connectivity index (χ1) is 11.6. The fourth-order valence-electron chi connectivity index (χ4n) is 3.55. The van der Waals surface area contributed by atoms with Crippen molar-refractivity contribution < 1.29 is 13.9 Å². The zero-order chi connectivity index (χ0) is 16.9. The van der Waals surface area contributed by atoms with Crippen LogP contribution in [0.1, 0.15) is 30.4 Å². The fraction of sp³-hybridized carbons (Fsp3) is 0.632. The lowest BCUT2D eigenvalue weighted by molar-refractivity contribution is -0.126. The molecule has 1 amide bonds. The molecule has 1 aromatic carbocycles. The molecule has 1 N–H and O–H groups in total. The summed E-state index contributed by atoms with van der Waals surface area (Å²) in [6, 6.07) is 5.12. The lowest BCUT2D eigenvalue weighted by Gasteiger charge is -2.32. The topological polar surface area (TPSA) is 41.6 Å². The third kappa shape index (κ3) is 4.54. The van der Waals surface area contributed by atoms with Gasteiger partial charge in [0, 0.05) is 25.6 Å². The van der Waals surface area contributed by atoms with E-state index in [1.165, 1.54) is 6.07 Å². The van der Waals surface area contributed by atoms with Gasteiger partial charge in [-0.25, -0.2) is 4.39 Å². The zero-order valence-corrected chi connectivity index (χ0v) is 14.4. The summed E-state index contributed by atoms with van der Waals surface area (Å²) in [5.74, 6) is 0.619. The van der Waals surface area contributed by atoms with Gasteiger partial charge in [0.1, 0.15) is 5.82 Å². The standard InChI is InChI=1S/C19H27FN2O2/c1-14-2-3-15(10-18(14)20)11-21-19(23)17-4-7-22(8-5-17)12-16-6-9-24-13-16/h2-3,10,16-17H,4-9,11-13H2,1H3,(H,21,23)/t16-/m0/s1. The minimum absolute atomic E-state index is 0.0800. The molecule has 2 fully saturated rings. The van der Waals surface area contributed by atoms with Crippen molar-refractivity contribution in [2.45, 2.75) is 32.7 Å². The maximum atomic E-state index is 13.5. The first-order valence-corrected chi connectivity index (χ1v) is 8.94. The van der Waals surface area contributed by atoms with E-state index in [1.807, 2.05) is 6.07 Å². The summed E-state index contributed by atoms with van der Waals surface area (Å²) in [5, 5.41) is 2.96. The van der Waals surface area contributed by atoms with E-state index in [0.29, 0.717) is 18.0 Å².